The predicted molar refractivity (Wildman–Crippen MR) is 31.6 cm³/mol. The van der Waals surface area contributed by atoms with Gasteiger partial charge in [0.15, 0.2) is 0 Å². The predicted octanol–water partition coefficient (Wildman–Crippen LogP) is 0.209. The molecule has 7 heavy (non-hydrogen) atoms. The lowest BCUT2D eigenvalue weighted by Gasteiger charge is -1.83. The number of rotatable bonds is 3. The molecule has 0 N–H and O–H groups in total. The zero-order valence-corrected chi connectivity index (χ0v) is 4.55. The van der Waals surface area contributed by atoms with E-state index in [-0.39, 0.29) is 0 Å². The molecule has 0 aliphatic carbocycles. The van der Waals surface area contributed by atoms with Crippen LogP contribution < -0.4 is 4.67 Å². The van der Waals surface area contributed by atoms with Gasteiger partial charge in [0.1, 0.15) is 0 Å². The standard InChI is InChI=1S/C5H10NO/c1-3-4-7-5-6-2/h5H,2-4H2,1H3/q+1. The molecule has 0 aromatic heterocycles. The fourth-order valence-corrected chi connectivity index (χ4v) is 0.223. The van der Waals surface area contributed by atoms with E-state index in [1.54, 1.807) is 0 Å². The molecule has 0 unspecified atom stereocenters. The highest BCUT2D eigenvalue weighted by Crippen LogP contribution is 1.71. The Morgan fingerprint density at radius 1 is 1.86 bits per heavy atom. The summed E-state index contributed by atoms with van der Waals surface area (Å²) in [5.41, 5.74) is 0. The van der Waals surface area contributed by atoms with E-state index in [0.29, 0.717) is 0 Å². The summed E-state index contributed by atoms with van der Waals surface area (Å²) in [5.74, 6) is 0. The maximum absolute atomic E-state index is 4.78. The first-order valence-electron chi connectivity index (χ1n) is 2.31. The highest BCUT2D eigenvalue weighted by molar-refractivity contribution is 5.48. The van der Waals surface area contributed by atoms with Crippen molar-refractivity contribution in [3.8, 4) is 0 Å². The summed E-state index contributed by atoms with van der Waals surface area (Å²) in [6.45, 7) is 5.98. The molecule has 0 radical (unpaired) electrons. The molecule has 0 fully saturated rings. The SMILES string of the molecule is C=[N+]=COCCC. The second-order valence-electron chi connectivity index (χ2n) is 1.16. The fraction of sp³-hybridized carbons (Fsp3) is 0.600. The first-order valence-corrected chi connectivity index (χ1v) is 2.31. The van der Waals surface area contributed by atoms with Gasteiger partial charge in [-0.05, 0) is 6.42 Å². The summed E-state index contributed by atoms with van der Waals surface area (Å²) in [4.78, 5) is 0. The van der Waals surface area contributed by atoms with Crippen LogP contribution in [0.4, 0.5) is 0 Å². The third-order valence-corrected chi connectivity index (χ3v) is 0.471. The van der Waals surface area contributed by atoms with Gasteiger partial charge >= 0.3 is 6.40 Å². The van der Waals surface area contributed by atoms with Crippen LogP contribution in [0.3, 0.4) is 0 Å². The van der Waals surface area contributed by atoms with Crippen molar-refractivity contribution in [2.45, 2.75) is 13.3 Å². The second kappa shape index (κ2) is 5.25. The highest BCUT2D eigenvalue weighted by atomic mass is 16.5. The summed E-state index contributed by atoms with van der Waals surface area (Å²) in [6.07, 6.45) is 2.37. The topological polar surface area (TPSA) is 23.3 Å². The maximum Gasteiger partial charge on any atom is 0.449 e. The molecule has 0 aromatic carbocycles. The van der Waals surface area contributed by atoms with Crippen molar-refractivity contribution in [1.29, 1.82) is 0 Å². The minimum Gasteiger partial charge on any atom is -0.438 e. The van der Waals surface area contributed by atoms with E-state index in [1.807, 2.05) is 6.92 Å². The molecule has 0 saturated carbocycles. The third-order valence-electron chi connectivity index (χ3n) is 0.471. The molecule has 2 nitrogen and oxygen atoms in total. The average Bonchev–Trinajstić information content (AvgIpc) is 1.69. The van der Waals surface area contributed by atoms with Crippen LogP contribution in [0.1, 0.15) is 13.3 Å². The van der Waals surface area contributed by atoms with E-state index >= 15 is 0 Å². The Morgan fingerprint density at radius 2 is 2.57 bits per heavy atom. The van der Waals surface area contributed by atoms with Crippen LogP contribution in [0.5, 0.6) is 0 Å². The molecule has 0 heterocycles. The largest absolute Gasteiger partial charge is 0.449 e. The van der Waals surface area contributed by atoms with Gasteiger partial charge in [-0.1, -0.05) is 11.6 Å². The van der Waals surface area contributed by atoms with Gasteiger partial charge in [0.05, 0.1) is 6.61 Å². The minimum absolute atomic E-state index is 0.735. The summed E-state index contributed by atoms with van der Waals surface area (Å²) >= 11 is 0. The monoisotopic (exact) mass is 100 g/mol. The molecule has 0 atom stereocenters. The molecule has 0 bridgehead atoms. The normalized spacial score (nSPS) is 7.00. The van der Waals surface area contributed by atoms with Crippen molar-refractivity contribution in [2.75, 3.05) is 6.61 Å². The number of hydrogen-bond acceptors (Lipinski definition) is 1. The minimum atomic E-state index is 0.735. The summed E-state index contributed by atoms with van der Waals surface area (Å²) in [5, 5.41) is 0. The average molecular weight is 100 g/mol. The first-order chi connectivity index (χ1) is 3.41. The molecule has 0 spiro atoms. The van der Waals surface area contributed by atoms with Gasteiger partial charge < -0.3 is 4.74 Å². The third kappa shape index (κ3) is 5.25. The van der Waals surface area contributed by atoms with Gasteiger partial charge in [-0.25, -0.2) is 0 Å². The lowest BCUT2D eigenvalue weighted by atomic mass is 10.5. The van der Waals surface area contributed by atoms with Crippen LogP contribution in [0, 0.1) is 0 Å². The summed E-state index contributed by atoms with van der Waals surface area (Å²) < 4.78 is 8.15. The quantitative estimate of drug-likeness (QED) is 0.215. The molecule has 0 amide bonds. The Kier molecular flexibility index (Phi) is 4.69. The lowest BCUT2D eigenvalue weighted by molar-refractivity contribution is 0.319. The number of hydrogen-bond donors (Lipinski definition) is 0. The first kappa shape index (κ1) is 6.25. The smallest absolute Gasteiger partial charge is 0.438 e. The molecule has 0 saturated heterocycles. The van der Waals surface area contributed by atoms with E-state index < -0.39 is 0 Å². The van der Waals surface area contributed by atoms with Crippen molar-refractivity contribution in [3.05, 3.63) is 0 Å². The molecular formula is C5H10NO+. The molecule has 40 valence electrons. The Labute approximate surface area is 43.6 Å². The van der Waals surface area contributed by atoms with Gasteiger partial charge in [-0.15, -0.1) is 0 Å². The summed E-state index contributed by atoms with van der Waals surface area (Å²) in [6, 6.07) is 0. The van der Waals surface area contributed by atoms with Crippen LogP contribution >= 0.6 is 0 Å². The number of nitrogens with zero attached hydrogens (tertiary/aromatic N) is 1. The van der Waals surface area contributed by atoms with E-state index in [0.717, 1.165) is 13.0 Å². The zero-order valence-electron chi connectivity index (χ0n) is 4.55. The Hall–Kier alpha value is -0.750. The molecule has 0 aliphatic rings. The molecule has 2 heteroatoms. The second-order valence-corrected chi connectivity index (χ2v) is 1.16. The Balaban J connectivity index is 2.83. The van der Waals surface area contributed by atoms with Crippen LogP contribution in [0.2, 0.25) is 0 Å². The van der Waals surface area contributed by atoms with E-state index in [4.69, 9.17) is 4.74 Å². The van der Waals surface area contributed by atoms with Crippen molar-refractivity contribution < 1.29 is 4.74 Å². The van der Waals surface area contributed by atoms with Crippen LogP contribution in [-0.2, 0) is 4.74 Å². The lowest BCUT2D eigenvalue weighted by Crippen LogP contribution is -1.89. The van der Waals surface area contributed by atoms with Crippen molar-refractivity contribution in [3.63, 3.8) is 0 Å². The summed E-state index contributed by atoms with van der Waals surface area (Å²) in [7, 11) is 0. The van der Waals surface area contributed by atoms with Gasteiger partial charge in [0.2, 0.25) is 0 Å². The number of ether oxygens (including phenoxy) is 1. The van der Waals surface area contributed by atoms with Gasteiger partial charge in [0.25, 0.3) is 6.72 Å². The highest BCUT2D eigenvalue weighted by Gasteiger charge is 1.76. The van der Waals surface area contributed by atoms with Crippen molar-refractivity contribution in [1.82, 2.24) is 4.67 Å². The van der Waals surface area contributed by atoms with E-state index in [9.17, 15) is 0 Å². The van der Waals surface area contributed by atoms with E-state index in [2.05, 4.69) is 11.4 Å². The Morgan fingerprint density at radius 3 is 3.00 bits per heavy atom. The van der Waals surface area contributed by atoms with Crippen LogP contribution in [-0.4, -0.2) is 19.7 Å². The van der Waals surface area contributed by atoms with Crippen LogP contribution in [0.25, 0.3) is 0 Å². The van der Waals surface area contributed by atoms with Gasteiger partial charge in [-0.3, -0.25) is 0 Å². The van der Waals surface area contributed by atoms with Crippen molar-refractivity contribution >= 4 is 13.1 Å². The van der Waals surface area contributed by atoms with Crippen molar-refractivity contribution in [2.24, 2.45) is 0 Å². The fourth-order valence-electron chi connectivity index (χ4n) is 0.223. The van der Waals surface area contributed by atoms with Crippen LogP contribution in [0.15, 0.2) is 0 Å². The van der Waals surface area contributed by atoms with E-state index in [1.165, 1.54) is 6.40 Å². The zero-order chi connectivity index (χ0) is 5.54. The molecule has 0 rings (SSSR count). The molecule has 0 aliphatic heterocycles. The molecular weight excluding hydrogens is 90.1 g/mol. The Bertz CT molecular complexity index is 74.1. The molecule has 0 aromatic rings. The van der Waals surface area contributed by atoms with Gasteiger partial charge in [-0.2, -0.15) is 0 Å². The van der Waals surface area contributed by atoms with Gasteiger partial charge in [0, 0.05) is 0 Å². The maximum atomic E-state index is 4.78.